The largest absolute Gasteiger partial charge is 0.466 e. The molecule has 4 nitrogen and oxygen atoms in total. The van der Waals surface area contributed by atoms with Crippen LogP contribution in [0.5, 0.6) is 0 Å². The van der Waals surface area contributed by atoms with E-state index in [1.54, 1.807) is 0 Å². The van der Waals surface area contributed by atoms with Crippen LogP contribution in [-0.2, 0) is 22.4 Å². The molecule has 0 spiro atoms. The minimum atomic E-state index is -0.153. The lowest BCUT2D eigenvalue weighted by Crippen LogP contribution is -2.20. The molecule has 5 heteroatoms. The number of fused-ring (bicyclic) bond motifs is 1. The number of carbonyl (C=O) groups excluding carboxylic acids is 1. The van der Waals surface area contributed by atoms with E-state index in [2.05, 4.69) is 25.1 Å². The van der Waals surface area contributed by atoms with Crippen molar-refractivity contribution in [2.45, 2.75) is 32.6 Å². The van der Waals surface area contributed by atoms with Gasteiger partial charge in [0.1, 0.15) is 5.82 Å². The number of aromatic nitrogens is 1. The molecule has 0 N–H and O–H groups in total. The Hall–Kier alpha value is -1.15. The minimum Gasteiger partial charge on any atom is -0.466 e. The summed E-state index contributed by atoms with van der Waals surface area (Å²) in [4.78, 5) is 15.9. The molecule has 1 unspecified atom stereocenters. The third-order valence-corrected chi connectivity index (χ3v) is 3.52. The quantitative estimate of drug-likeness (QED) is 0.618. The maximum atomic E-state index is 11.3. The van der Waals surface area contributed by atoms with Gasteiger partial charge in [-0.1, -0.05) is 6.07 Å². The van der Waals surface area contributed by atoms with Gasteiger partial charge in [-0.15, -0.1) is 0 Å². The van der Waals surface area contributed by atoms with E-state index >= 15 is 0 Å². The fourth-order valence-electron chi connectivity index (χ4n) is 2.11. The zero-order valence-electron chi connectivity index (χ0n) is 10.7. The molecule has 0 bridgehead atoms. The molecule has 1 aliphatic heterocycles. The van der Waals surface area contributed by atoms with Crippen LogP contribution in [-0.4, -0.2) is 24.1 Å². The number of aryl methyl sites for hydroxylation is 2. The summed E-state index contributed by atoms with van der Waals surface area (Å²) in [6, 6.07) is 4.14. The summed E-state index contributed by atoms with van der Waals surface area (Å²) in [7, 11) is 2.71. The molecule has 0 amide bonds. The zero-order valence-corrected chi connectivity index (χ0v) is 11.8. The first kappa shape index (κ1) is 13.3. The number of pyridine rings is 1. The lowest BCUT2D eigenvalue weighted by molar-refractivity contribution is -0.143. The van der Waals surface area contributed by atoms with Crippen molar-refractivity contribution in [2.75, 3.05) is 17.8 Å². The number of carbonyl (C=O) groups is 1. The number of anilines is 1. The Balaban J connectivity index is 2.02. The van der Waals surface area contributed by atoms with Crippen molar-refractivity contribution in [1.82, 2.24) is 4.98 Å². The van der Waals surface area contributed by atoms with Gasteiger partial charge in [0.2, 0.25) is 0 Å². The summed E-state index contributed by atoms with van der Waals surface area (Å²) in [6.07, 6.45) is 3.30. The van der Waals surface area contributed by atoms with Gasteiger partial charge in [-0.2, -0.15) is 0 Å². The molecule has 0 saturated heterocycles. The van der Waals surface area contributed by atoms with Crippen LogP contribution in [0.2, 0.25) is 0 Å². The summed E-state index contributed by atoms with van der Waals surface area (Å²) < 4.78 is 7.02. The van der Waals surface area contributed by atoms with Crippen LogP contribution in [0.15, 0.2) is 12.1 Å². The van der Waals surface area contributed by atoms with E-state index in [9.17, 15) is 4.79 Å². The van der Waals surface area contributed by atoms with Gasteiger partial charge in [0, 0.05) is 18.7 Å². The van der Waals surface area contributed by atoms with Gasteiger partial charge in [-0.3, -0.25) is 4.79 Å². The molecular weight excluding hydrogens is 247 g/mol. The second kappa shape index (κ2) is 6.14. The van der Waals surface area contributed by atoms with Gasteiger partial charge in [0.05, 0.1) is 13.0 Å². The maximum absolute atomic E-state index is 11.3. The molecule has 0 radical (unpaired) electrons. The topological polar surface area (TPSA) is 42.4 Å². The van der Waals surface area contributed by atoms with Crippen LogP contribution in [0.3, 0.4) is 0 Å². The maximum Gasteiger partial charge on any atom is 0.306 e. The van der Waals surface area contributed by atoms with E-state index in [1.165, 1.54) is 12.0 Å². The van der Waals surface area contributed by atoms with Crippen molar-refractivity contribution in [3.05, 3.63) is 23.4 Å². The smallest absolute Gasteiger partial charge is 0.306 e. The first-order valence-electron chi connectivity index (χ1n) is 6.37. The second-order valence-corrected chi connectivity index (χ2v) is 5.01. The number of esters is 1. The first-order valence-corrected chi connectivity index (χ1v) is 6.89. The number of hydrogen-bond acceptors (Lipinski definition) is 4. The Labute approximate surface area is 110 Å². The van der Waals surface area contributed by atoms with Gasteiger partial charge >= 0.3 is 5.97 Å². The molecular formula is C13H19N2O2P. The standard InChI is InChI=1S/C13H19N2O2P/c1-2-17-12(16)8-7-11-6-5-10-4-3-9-15(18)13(10)14-11/h5-6H,2-4,7-9,18H2,1H3. The molecule has 1 aliphatic rings. The van der Waals surface area contributed by atoms with Crippen molar-refractivity contribution < 1.29 is 9.53 Å². The van der Waals surface area contributed by atoms with Gasteiger partial charge in [0.25, 0.3) is 0 Å². The highest BCUT2D eigenvalue weighted by Gasteiger charge is 2.15. The molecule has 0 saturated carbocycles. The molecule has 18 heavy (non-hydrogen) atoms. The third-order valence-electron chi connectivity index (χ3n) is 3.02. The highest BCUT2D eigenvalue weighted by atomic mass is 31.0. The molecule has 0 aromatic carbocycles. The fraction of sp³-hybridized carbons (Fsp3) is 0.538. The second-order valence-electron chi connectivity index (χ2n) is 4.39. The number of rotatable bonds is 4. The van der Waals surface area contributed by atoms with Gasteiger partial charge in [-0.25, -0.2) is 4.98 Å². The van der Waals surface area contributed by atoms with Crippen molar-refractivity contribution in [3.63, 3.8) is 0 Å². The molecule has 0 aliphatic carbocycles. The van der Waals surface area contributed by atoms with Crippen LogP contribution in [0.4, 0.5) is 5.82 Å². The highest BCUT2D eigenvalue weighted by molar-refractivity contribution is 7.19. The molecule has 98 valence electrons. The van der Waals surface area contributed by atoms with Crippen LogP contribution in [0, 0.1) is 0 Å². The number of hydrogen-bond donors (Lipinski definition) is 0. The predicted molar refractivity (Wildman–Crippen MR) is 74.6 cm³/mol. The Morgan fingerprint density at radius 1 is 1.56 bits per heavy atom. The molecule has 2 rings (SSSR count). The average molecular weight is 266 g/mol. The predicted octanol–water partition coefficient (Wildman–Crippen LogP) is 2.12. The number of nitrogens with zero attached hydrogens (tertiary/aromatic N) is 2. The Morgan fingerprint density at radius 3 is 3.17 bits per heavy atom. The van der Waals surface area contributed by atoms with Crippen molar-refractivity contribution in [3.8, 4) is 0 Å². The van der Waals surface area contributed by atoms with Crippen LogP contribution < -0.4 is 4.67 Å². The van der Waals surface area contributed by atoms with Crippen LogP contribution >= 0.6 is 9.39 Å². The molecule has 1 aromatic rings. The summed E-state index contributed by atoms with van der Waals surface area (Å²) in [5.41, 5.74) is 2.24. The fourth-order valence-corrected chi connectivity index (χ4v) is 2.51. The third kappa shape index (κ3) is 3.20. The SMILES string of the molecule is CCOC(=O)CCc1ccc2c(n1)N(P)CCC2. The van der Waals surface area contributed by atoms with Crippen molar-refractivity contribution in [2.24, 2.45) is 0 Å². The van der Waals surface area contributed by atoms with Gasteiger partial charge in [-0.05, 0) is 40.8 Å². The van der Waals surface area contributed by atoms with E-state index in [4.69, 9.17) is 4.74 Å². The average Bonchev–Trinajstić information content (AvgIpc) is 2.37. The Bertz CT molecular complexity index is 437. The van der Waals surface area contributed by atoms with E-state index in [-0.39, 0.29) is 5.97 Å². The Morgan fingerprint density at radius 2 is 2.39 bits per heavy atom. The molecule has 0 fully saturated rings. The van der Waals surface area contributed by atoms with Crippen LogP contribution in [0.25, 0.3) is 0 Å². The highest BCUT2D eigenvalue weighted by Crippen LogP contribution is 2.27. The van der Waals surface area contributed by atoms with Crippen molar-refractivity contribution >= 4 is 21.2 Å². The summed E-state index contributed by atoms with van der Waals surface area (Å²) >= 11 is 0. The van der Waals surface area contributed by atoms with E-state index in [0.29, 0.717) is 19.4 Å². The Kier molecular flexibility index (Phi) is 4.54. The summed E-state index contributed by atoms with van der Waals surface area (Å²) in [5, 5.41) is 0. The number of ether oxygens (including phenoxy) is 1. The molecule has 1 aromatic heterocycles. The monoisotopic (exact) mass is 266 g/mol. The lowest BCUT2D eigenvalue weighted by Gasteiger charge is -2.26. The van der Waals surface area contributed by atoms with Crippen LogP contribution in [0.1, 0.15) is 31.0 Å². The lowest BCUT2D eigenvalue weighted by atomic mass is 10.1. The normalized spacial score (nSPS) is 14.2. The molecule has 1 atom stereocenters. The summed E-state index contributed by atoms with van der Waals surface area (Å²) in [5.74, 6) is 0.882. The van der Waals surface area contributed by atoms with E-state index in [0.717, 1.165) is 24.5 Å². The minimum absolute atomic E-state index is 0.153. The first-order chi connectivity index (χ1) is 8.70. The van der Waals surface area contributed by atoms with E-state index in [1.807, 2.05) is 13.0 Å². The van der Waals surface area contributed by atoms with Crippen molar-refractivity contribution in [1.29, 1.82) is 0 Å². The summed E-state index contributed by atoms with van der Waals surface area (Å²) in [6.45, 7) is 3.28. The zero-order chi connectivity index (χ0) is 13.0. The van der Waals surface area contributed by atoms with Gasteiger partial charge < -0.3 is 9.41 Å². The molecule has 2 heterocycles. The van der Waals surface area contributed by atoms with Gasteiger partial charge in [0.15, 0.2) is 0 Å². The van der Waals surface area contributed by atoms with E-state index < -0.39 is 0 Å².